The maximum absolute atomic E-state index is 11.9. The van der Waals surface area contributed by atoms with Gasteiger partial charge in [-0.1, -0.05) is 62.4 Å². The summed E-state index contributed by atoms with van der Waals surface area (Å²) in [5.41, 5.74) is 6.72. The molecule has 0 aliphatic rings. The number of hydrogen-bond donors (Lipinski definition) is 1. The zero-order chi connectivity index (χ0) is 18.9. The number of nitrogens with zero attached hydrogens (tertiary/aromatic N) is 1. The molecule has 1 N–H and O–H groups in total. The van der Waals surface area contributed by atoms with Crippen LogP contribution >= 0.6 is 0 Å². The van der Waals surface area contributed by atoms with Crippen molar-refractivity contribution in [3.63, 3.8) is 0 Å². The molecule has 0 aromatic heterocycles. The van der Waals surface area contributed by atoms with Crippen molar-refractivity contribution < 1.29 is 9.53 Å². The largest absolute Gasteiger partial charge is 0.483 e. The molecule has 0 radical (unpaired) electrons. The van der Waals surface area contributed by atoms with Crippen molar-refractivity contribution in [3.05, 3.63) is 70.8 Å². The number of amides is 1. The molecule has 2 aromatic carbocycles. The Morgan fingerprint density at radius 1 is 1.19 bits per heavy atom. The summed E-state index contributed by atoms with van der Waals surface area (Å²) in [6, 6.07) is 16.0. The van der Waals surface area contributed by atoms with Crippen molar-refractivity contribution in [2.75, 3.05) is 6.61 Å². The summed E-state index contributed by atoms with van der Waals surface area (Å²) >= 11 is 0. The van der Waals surface area contributed by atoms with Gasteiger partial charge >= 0.3 is 0 Å². The molecule has 0 unspecified atom stereocenters. The van der Waals surface area contributed by atoms with Crippen LogP contribution in [0.4, 0.5) is 0 Å². The number of benzene rings is 2. The van der Waals surface area contributed by atoms with Crippen LogP contribution in [-0.4, -0.2) is 18.7 Å². The normalized spacial score (nSPS) is 11.8. The molecule has 0 atom stereocenters. The monoisotopic (exact) mass is 350 g/mol. The lowest BCUT2D eigenvalue weighted by Crippen LogP contribution is -2.24. The lowest BCUT2D eigenvalue weighted by molar-refractivity contribution is -0.123. The molecule has 0 aliphatic heterocycles. The van der Waals surface area contributed by atoms with Gasteiger partial charge in [-0.2, -0.15) is 5.10 Å². The minimum atomic E-state index is -0.289. The number of carbonyl (C=O) groups is 1. The van der Waals surface area contributed by atoms with E-state index < -0.39 is 0 Å². The average Bonchev–Trinajstić information content (AvgIpc) is 2.61. The summed E-state index contributed by atoms with van der Waals surface area (Å²) in [6.45, 7) is 8.08. The van der Waals surface area contributed by atoms with Crippen LogP contribution in [0.2, 0.25) is 0 Å². The Kier molecular flexibility index (Phi) is 7.15. The highest BCUT2D eigenvalue weighted by molar-refractivity contribution is 5.86. The molecule has 4 nitrogen and oxygen atoms in total. The first-order valence-electron chi connectivity index (χ1n) is 8.74. The lowest BCUT2D eigenvalue weighted by atomic mass is 10.0. The van der Waals surface area contributed by atoms with Crippen LogP contribution in [0.5, 0.6) is 5.75 Å². The fourth-order valence-electron chi connectivity index (χ4n) is 2.36. The summed E-state index contributed by atoms with van der Waals surface area (Å²) in [5.74, 6) is 0.856. The summed E-state index contributed by atoms with van der Waals surface area (Å²) < 4.78 is 5.64. The Bertz CT molecular complexity index is 793. The fraction of sp³-hybridized carbons (Fsp3) is 0.273. The Balaban J connectivity index is 1.86. The molecular formula is C22H26N2O2. The topological polar surface area (TPSA) is 50.7 Å². The number of ether oxygens (including phenoxy) is 1. The predicted molar refractivity (Wildman–Crippen MR) is 107 cm³/mol. The molecule has 0 aliphatic carbocycles. The maximum Gasteiger partial charge on any atom is 0.277 e. The van der Waals surface area contributed by atoms with Gasteiger partial charge in [0.15, 0.2) is 6.61 Å². The van der Waals surface area contributed by atoms with E-state index in [9.17, 15) is 4.79 Å². The number of allylic oxidation sites excluding steroid dienone is 1. The van der Waals surface area contributed by atoms with Gasteiger partial charge in [0.2, 0.25) is 0 Å². The van der Waals surface area contributed by atoms with Crippen molar-refractivity contribution >= 4 is 18.2 Å². The summed E-state index contributed by atoms with van der Waals surface area (Å²) in [7, 11) is 0. The van der Waals surface area contributed by atoms with E-state index in [0.29, 0.717) is 5.92 Å². The van der Waals surface area contributed by atoms with Crippen molar-refractivity contribution in [2.45, 2.75) is 33.6 Å². The van der Waals surface area contributed by atoms with E-state index in [2.05, 4.69) is 30.4 Å². The Hall–Kier alpha value is -2.88. The average molecular weight is 350 g/mol. The molecule has 0 saturated carbocycles. The fourth-order valence-corrected chi connectivity index (χ4v) is 2.36. The first kappa shape index (κ1) is 19.4. The van der Waals surface area contributed by atoms with Gasteiger partial charge in [0.25, 0.3) is 5.91 Å². The van der Waals surface area contributed by atoms with E-state index in [1.54, 1.807) is 6.21 Å². The van der Waals surface area contributed by atoms with E-state index in [1.165, 1.54) is 5.56 Å². The van der Waals surface area contributed by atoms with Gasteiger partial charge in [-0.15, -0.1) is 0 Å². The summed E-state index contributed by atoms with van der Waals surface area (Å²) in [4.78, 5) is 11.9. The minimum absolute atomic E-state index is 0.0683. The van der Waals surface area contributed by atoms with E-state index in [1.807, 2.05) is 62.4 Å². The summed E-state index contributed by atoms with van der Waals surface area (Å²) in [6.07, 6.45) is 3.61. The molecule has 4 heteroatoms. The molecule has 0 spiro atoms. The highest BCUT2D eigenvalue weighted by atomic mass is 16.5. The number of hydrazone groups is 1. The molecule has 136 valence electrons. The molecular weight excluding hydrogens is 324 g/mol. The SMILES string of the molecule is CC(=C/c1ccccc1)/C=N/NC(=O)COc1cc(C(C)C)ccc1C. The summed E-state index contributed by atoms with van der Waals surface area (Å²) in [5, 5.41) is 3.98. The van der Waals surface area contributed by atoms with Gasteiger partial charge in [-0.25, -0.2) is 5.43 Å². The maximum atomic E-state index is 11.9. The molecule has 0 saturated heterocycles. The Morgan fingerprint density at radius 3 is 2.62 bits per heavy atom. The molecule has 1 amide bonds. The molecule has 0 fully saturated rings. The van der Waals surface area contributed by atoms with E-state index in [4.69, 9.17) is 4.74 Å². The van der Waals surface area contributed by atoms with Gasteiger partial charge in [-0.3, -0.25) is 4.79 Å². The number of carbonyl (C=O) groups excluding carboxylic acids is 1. The van der Waals surface area contributed by atoms with Crippen molar-refractivity contribution in [1.29, 1.82) is 0 Å². The second kappa shape index (κ2) is 9.56. The van der Waals surface area contributed by atoms with Crippen LogP contribution < -0.4 is 10.2 Å². The van der Waals surface area contributed by atoms with Crippen LogP contribution in [0.3, 0.4) is 0 Å². The van der Waals surface area contributed by atoms with Crippen LogP contribution in [0.15, 0.2) is 59.2 Å². The van der Waals surface area contributed by atoms with Crippen LogP contribution in [0.1, 0.15) is 43.4 Å². The molecule has 2 aromatic rings. The highest BCUT2D eigenvalue weighted by Crippen LogP contribution is 2.24. The third kappa shape index (κ3) is 6.20. The number of nitrogens with one attached hydrogen (secondary N) is 1. The van der Waals surface area contributed by atoms with Crippen LogP contribution in [0, 0.1) is 6.92 Å². The Morgan fingerprint density at radius 2 is 1.92 bits per heavy atom. The third-order valence-corrected chi connectivity index (χ3v) is 3.89. The van der Waals surface area contributed by atoms with E-state index in [-0.39, 0.29) is 12.5 Å². The van der Waals surface area contributed by atoms with Crippen molar-refractivity contribution in [2.24, 2.45) is 5.10 Å². The zero-order valence-electron chi connectivity index (χ0n) is 15.8. The highest BCUT2D eigenvalue weighted by Gasteiger charge is 2.07. The Labute approximate surface area is 155 Å². The smallest absolute Gasteiger partial charge is 0.277 e. The number of aryl methyl sites for hydroxylation is 1. The van der Waals surface area contributed by atoms with E-state index >= 15 is 0 Å². The van der Waals surface area contributed by atoms with Crippen molar-refractivity contribution in [3.8, 4) is 5.75 Å². The molecule has 0 heterocycles. The molecule has 2 rings (SSSR count). The number of rotatable bonds is 7. The zero-order valence-corrected chi connectivity index (χ0v) is 15.8. The van der Waals surface area contributed by atoms with Gasteiger partial charge < -0.3 is 4.74 Å². The van der Waals surface area contributed by atoms with Gasteiger partial charge in [0, 0.05) is 0 Å². The third-order valence-electron chi connectivity index (χ3n) is 3.89. The second-order valence-electron chi connectivity index (χ2n) is 6.56. The quantitative estimate of drug-likeness (QED) is 0.581. The second-order valence-corrected chi connectivity index (χ2v) is 6.56. The van der Waals surface area contributed by atoms with Gasteiger partial charge in [-0.05, 0) is 48.1 Å². The van der Waals surface area contributed by atoms with Crippen LogP contribution in [0.25, 0.3) is 6.08 Å². The van der Waals surface area contributed by atoms with Crippen LogP contribution in [-0.2, 0) is 4.79 Å². The molecule has 0 bridgehead atoms. The standard InChI is InChI=1S/C22H26N2O2/c1-16(2)20-11-10-18(4)21(13-20)26-15-22(25)24-23-14-17(3)12-19-8-6-5-7-9-19/h5-14,16H,15H2,1-4H3,(H,24,25)/b17-12-,23-14+. The predicted octanol–water partition coefficient (Wildman–Crippen LogP) is 4.70. The molecule has 26 heavy (non-hydrogen) atoms. The first-order valence-corrected chi connectivity index (χ1v) is 8.74. The van der Waals surface area contributed by atoms with Crippen molar-refractivity contribution in [1.82, 2.24) is 5.43 Å². The van der Waals surface area contributed by atoms with Gasteiger partial charge in [0.1, 0.15) is 5.75 Å². The van der Waals surface area contributed by atoms with Gasteiger partial charge in [0.05, 0.1) is 6.21 Å². The minimum Gasteiger partial charge on any atom is -0.483 e. The lowest BCUT2D eigenvalue weighted by Gasteiger charge is -2.12. The first-order chi connectivity index (χ1) is 12.5. The number of hydrogen-bond acceptors (Lipinski definition) is 3. The van der Waals surface area contributed by atoms with E-state index in [0.717, 1.165) is 22.4 Å².